The lowest BCUT2D eigenvalue weighted by molar-refractivity contribution is -0.0549. The van der Waals surface area contributed by atoms with Gasteiger partial charge in [0.25, 0.3) is 0 Å². The zero-order valence-electron chi connectivity index (χ0n) is 21.8. The second-order valence-electron chi connectivity index (χ2n) is 11.0. The molecular weight excluding hydrogens is 372 g/mol. The molecule has 0 amide bonds. The maximum Gasteiger partial charge on any atom is 0.146 e. The number of aliphatic hydroxyl groups is 1. The minimum atomic E-state index is -0.166. The molecule has 3 nitrogen and oxygen atoms in total. The van der Waals surface area contributed by atoms with E-state index in [-0.39, 0.29) is 6.10 Å². The lowest BCUT2D eigenvalue weighted by atomic mass is 9.81. The smallest absolute Gasteiger partial charge is 0.146 e. The second-order valence-corrected chi connectivity index (χ2v) is 11.0. The SMILES string of the molecule is CCCOCOCCCC(C)CC(C)CC(C)CC(C)CC(C)CC(C)CC(C)O. The summed E-state index contributed by atoms with van der Waals surface area (Å²) in [5, 5.41) is 9.57. The Bertz CT molecular complexity index is 371. The molecule has 0 rings (SSSR count). The van der Waals surface area contributed by atoms with E-state index in [4.69, 9.17) is 9.47 Å². The molecule has 0 aliphatic heterocycles. The molecule has 0 radical (unpaired) electrons. The molecule has 0 heterocycles. The molecule has 0 bridgehead atoms. The molecule has 0 saturated carbocycles. The van der Waals surface area contributed by atoms with Crippen molar-refractivity contribution in [2.24, 2.45) is 35.5 Å². The lowest BCUT2D eigenvalue weighted by Gasteiger charge is -2.25. The summed E-state index contributed by atoms with van der Waals surface area (Å²) in [5.74, 6) is 4.57. The summed E-state index contributed by atoms with van der Waals surface area (Å²) in [6.07, 6.45) is 10.8. The third-order valence-electron chi connectivity index (χ3n) is 6.27. The normalized spacial score (nSPS) is 19.1. The van der Waals surface area contributed by atoms with Crippen molar-refractivity contribution in [1.82, 2.24) is 0 Å². The summed E-state index contributed by atoms with van der Waals surface area (Å²) in [5.41, 5.74) is 0. The van der Waals surface area contributed by atoms with Gasteiger partial charge in [-0.25, -0.2) is 0 Å². The van der Waals surface area contributed by atoms with Gasteiger partial charge in [-0.05, 0) is 100 Å². The van der Waals surface area contributed by atoms with Crippen LogP contribution in [0.1, 0.15) is 113 Å². The molecule has 0 saturated heterocycles. The van der Waals surface area contributed by atoms with Gasteiger partial charge in [-0.3, -0.25) is 0 Å². The quantitative estimate of drug-likeness (QED) is 0.159. The first-order valence-corrected chi connectivity index (χ1v) is 13.0. The molecule has 0 aliphatic rings. The molecule has 0 aromatic rings. The fraction of sp³-hybridized carbons (Fsp3) is 1.00. The van der Waals surface area contributed by atoms with Crippen LogP contribution in [-0.2, 0) is 9.47 Å². The summed E-state index contributed by atoms with van der Waals surface area (Å²) in [4.78, 5) is 0. The van der Waals surface area contributed by atoms with Crippen LogP contribution in [-0.4, -0.2) is 31.2 Å². The van der Waals surface area contributed by atoms with Gasteiger partial charge in [0.1, 0.15) is 6.79 Å². The molecule has 7 atom stereocenters. The van der Waals surface area contributed by atoms with E-state index in [0.29, 0.717) is 12.7 Å². The third-order valence-corrected chi connectivity index (χ3v) is 6.27. The van der Waals surface area contributed by atoms with Crippen molar-refractivity contribution in [2.75, 3.05) is 20.0 Å². The number of aliphatic hydroxyl groups excluding tert-OH is 1. The summed E-state index contributed by atoms with van der Waals surface area (Å²) >= 11 is 0. The van der Waals surface area contributed by atoms with Crippen molar-refractivity contribution in [3.05, 3.63) is 0 Å². The largest absolute Gasteiger partial charge is 0.393 e. The predicted octanol–water partition coefficient (Wildman–Crippen LogP) is 7.71. The molecule has 3 heteroatoms. The zero-order valence-corrected chi connectivity index (χ0v) is 21.8. The molecule has 1 N–H and O–H groups in total. The monoisotopic (exact) mass is 428 g/mol. The Labute approximate surface area is 189 Å². The number of hydrogen-bond donors (Lipinski definition) is 1. The highest BCUT2D eigenvalue weighted by Gasteiger charge is 2.18. The Balaban J connectivity index is 3.90. The van der Waals surface area contributed by atoms with E-state index in [9.17, 15) is 5.11 Å². The van der Waals surface area contributed by atoms with Gasteiger partial charge < -0.3 is 14.6 Å². The predicted molar refractivity (Wildman–Crippen MR) is 131 cm³/mol. The van der Waals surface area contributed by atoms with E-state index in [1.54, 1.807) is 0 Å². The molecule has 7 unspecified atom stereocenters. The second kappa shape index (κ2) is 18.5. The van der Waals surface area contributed by atoms with Crippen LogP contribution >= 0.6 is 0 Å². The zero-order chi connectivity index (χ0) is 22.9. The van der Waals surface area contributed by atoms with E-state index in [1.807, 2.05) is 6.92 Å². The molecule has 182 valence electrons. The van der Waals surface area contributed by atoms with Crippen LogP contribution in [0, 0.1) is 35.5 Å². The van der Waals surface area contributed by atoms with Gasteiger partial charge in [0, 0.05) is 13.2 Å². The van der Waals surface area contributed by atoms with E-state index in [1.165, 1.54) is 38.5 Å². The Morgan fingerprint density at radius 3 is 1.40 bits per heavy atom. The molecule has 0 aliphatic carbocycles. The molecule has 0 aromatic heterocycles. The Hall–Kier alpha value is -0.120. The van der Waals surface area contributed by atoms with Gasteiger partial charge in [0.2, 0.25) is 0 Å². The number of rotatable bonds is 20. The van der Waals surface area contributed by atoms with Crippen molar-refractivity contribution in [1.29, 1.82) is 0 Å². The summed E-state index contributed by atoms with van der Waals surface area (Å²) < 4.78 is 10.9. The van der Waals surface area contributed by atoms with Crippen molar-refractivity contribution >= 4 is 0 Å². The van der Waals surface area contributed by atoms with Crippen molar-refractivity contribution in [3.63, 3.8) is 0 Å². The number of ether oxygens (including phenoxy) is 2. The maximum absolute atomic E-state index is 9.57. The van der Waals surface area contributed by atoms with Crippen molar-refractivity contribution in [2.45, 2.75) is 119 Å². The Morgan fingerprint density at radius 1 is 0.567 bits per heavy atom. The first-order chi connectivity index (χ1) is 14.1. The van der Waals surface area contributed by atoms with Gasteiger partial charge in [0.05, 0.1) is 6.10 Å². The van der Waals surface area contributed by atoms with Gasteiger partial charge >= 0.3 is 0 Å². The molecule has 0 aromatic carbocycles. The first-order valence-electron chi connectivity index (χ1n) is 13.0. The average Bonchev–Trinajstić information content (AvgIpc) is 2.59. The maximum atomic E-state index is 9.57. The summed E-state index contributed by atoms with van der Waals surface area (Å²) in [7, 11) is 0. The van der Waals surface area contributed by atoms with Crippen LogP contribution in [0.4, 0.5) is 0 Å². The molecular formula is C27H56O3. The van der Waals surface area contributed by atoms with Gasteiger partial charge in [-0.2, -0.15) is 0 Å². The van der Waals surface area contributed by atoms with Gasteiger partial charge in [-0.15, -0.1) is 0 Å². The Morgan fingerprint density at radius 2 is 0.967 bits per heavy atom. The van der Waals surface area contributed by atoms with Crippen molar-refractivity contribution in [3.8, 4) is 0 Å². The van der Waals surface area contributed by atoms with Gasteiger partial charge in [-0.1, -0.05) is 48.5 Å². The van der Waals surface area contributed by atoms with Crippen LogP contribution in [0.2, 0.25) is 0 Å². The summed E-state index contributed by atoms with van der Waals surface area (Å²) in [6, 6.07) is 0. The van der Waals surface area contributed by atoms with Crippen LogP contribution in [0.15, 0.2) is 0 Å². The molecule has 30 heavy (non-hydrogen) atoms. The number of hydrogen-bond acceptors (Lipinski definition) is 3. The highest BCUT2D eigenvalue weighted by molar-refractivity contribution is 4.69. The summed E-state index contributed by atoms with van der Waals surface area (Å²) in [6.45, 7) is 20.5. The average molecular weight is 429 g/mol. The minimum Gasteiger partial charge on any atom is -0.393 e. The molecule has 0 fully saturated rings. The third kappa shape index (κ3) is 18.6. The highest BCUT2D eigenvalue weighted by Crippen LogP contribution is 2.29. The van der Waals surface area contributed by atoms with E-state index in [0.717, 1.165) is 62.1 Å². The van der Waals surface area contributed by atoms with E-state index < -0.39 is 0 Å². The fourth-order valence-electron chi connectivity index (χ4n) is 5.47. The van der Waals surface area contributed by atoms with Crippen molar-refractivity contribution < 1.29 is 14.6 Å². The van der Waals surface area contributed by atoms with E-state index >= 15 is 0 Å². The topological polar surface area (TPSA) is 38.7 Å². The first kappa shape index (κ1) is 29.9. The van der Waals surface area contributed by atoms with Crippen LogP contribution < -0.4 is 0 Å². The van der Waals surface area contributed by atoms with Crippen LogP contribution in [0.5, 0.6) is 0 Å². The van der Waals surface area contributed by atoms with Crippen LogP contribution in [0.3, 0.4) is 0 Å². The fourth-order valence-corrected chi connectivity index (χ4v) is 5.47. The Kier molecular flexibility index (Phi) is 18.4. The van der Waals surface area contributed by atoms with Gasteiger partial charge in [0.15, 0.2) is 0 Å². The van der Waals surface area contributed by atoms with Crippen LogP contribution in [0.25, 0.3) is 0 Å². The molecule has 0 spiro atoms. The standard InChI is InChI=1S/C27H56O3/c1-9-12-29-20-30-13-10-11-21(2)14-22(3)15-23(4)16-24(5)17-25(6)18-26(7)19-27(8)28/h21-28H,9-20H2,1-8H3. The minimum absolute atomic E-state index is 0.166. The van der Waals surface area contributed by atoms with E-state index in [2.05, 4.69) is 48.5 Å². The lowest BCUT2D eigenvalue weighted by Crippen LogP contribution is -2.14. The highest BCUT2D eigenvalue weighted by atomic mass is 16.7.